The topological polar surface area (TPSA) is 91.4 Å². The van der Waals surface area contributed by atoms with Gasteiger partial charge in [0.2, 0.25) is 0 Å². The standard InChI is InChI=1S/C19H21ClN2O4/c20-15-10-9-13(26-17-8-4-7-16(23)21-17)11-14(15)19(25)22-18(24)12-5-2-1-3-6-12/h4,7-12,18,24H,1-3,5-6H2,(H,21,23)(H,22,25). The van der Waals surface area contributed by atoms with Crippen LogP contribution in [0.1, 0.15) is 42.5 Å². The number of pyridine rings is 1. The summed E-state index contributed by atoms with van der Waals surface area (Å²) < 4.78 is 5.57. The van der Waals surface area contributed by atoms with Crippen molar-refractivity contribution in [2.45, 2.75) is 38.3 Å². The van der Waals surface area contributed by atoms with Crippen molar-refractivity contribution in [2.24, 2.45) is 5.92 Å². The van der Waals surface area contributed by atoms with E-state index in [1.807, 2.05) is 0 Å². The molecule has 0 radical (unpaired) electrons. The third-order valence-electron chi connectivity index (χ3n) is 4.53. The summed E-state index contributed by atoms with van der Waals surface area (Å²) in [6.45, 7) is 0. The fourth-order valence-corrected chi connectivity index (χ4v) is 3.34. The molecule has 138 valence electrons. The van der Waals surface area contributed by atoms with E-state index in [1.54, 1.807) is 24.3 Å². The van der Waals surface area contributed by atoms with Gasteiger partial charge in [0.15, 0.2) is 5.88 Å². The highest BCUT2D eigenvalue weighted by Gasteiger charge is 2.24. The molecule has 0 bridgehead atoms. The number of halogens is 1. The second-order valence-corrected chi connectivity index (χ2v) is 6.85. The Kier molecular flexibility index (Phi) is 5.96. The fraction of sp³-hybridized carbons (Fsp3) is 0.368. The number of aromatic nitrogens is 1. The van der Waals surface area contributed by atoms with Crippen LogP contribution in [0.15, 0.2) is 41.2 Å². The van der Waals surface area contributed by atoms with E-state index in [0.29, 0.717) is 5.75 Å². The first-order valence-electron chi connectivity index (χ1n) is 8.68. The molecule has 1 fully saturated rings. The molecule has 1 aromatic heterocycles. The number of aliphatic hydroxyl groups is 1. The van der Waals surface area contributed by atoms with Gasteiger partial charge in [0, 0.05) is 12.0 Å². The number of benzene rings is 1. The lowest BCUT2D eigenvalue weighted by atomic mass is 9.88. The number of H-pyrrole nitrogens is 1. The minimum Gasteiger partial charge on any atom is -0.441 e. The molecule has 1 aromatic carbocycles. The van der Waals surface area contributed by atoms with Crippen LogP contribution in [0.4, 0.5) is 0 Å². The third kappa shape index (κ3) is 4.65. The Hall–Kier alpha value is -2.31. The summed E-state index contributed by atoms with van der Waals surface area (Å²) in [5.74, 6) is 0.224. The number of carbonyl (C=O) groups excluding carboxylic acids is 1. The van der Waals surface area contributed by atoms with Crippen LogP contribution in [0.25, 0.3) is 0 Å². The molecule has 1 saturated carbocycles. The van der Waals surface area contributed by atoms with Crippen LogP contribution in [-0.4, -0.2) is 22.2 Å². The van der Waals surface area contributed by atoms with Crippen LogP contribution in [0.5, 0.6) is 11.6 Å². The van der Waals surface area contributed by atoms with E-state index in [4.69, 9.17) is 16.3 Å². The molecule has 1 aliphatic carbocycles. The van der Waals surface area contributed by atoms with E-state index < -0.39 is 12.1 Å². The monoisotopic (exact) mass is 376 g/mol. The van der Waals surface area contributed by atoms with Crippen LogP contribution >= 0.6 is 11.6 Å². The van der Waals surface area contributed by atoms with Gasteiger partial charge in [-0.25, -0.2) is 0 Å². The molecule has 1 aliphatic rings. The summed E-state index contributed by atoms with van der Waals surface area (Å²) in [5.41, 5.74) is -0.0812. The molecular formula is C19H21ClN2O4. The van der Waals surface area contributed by atoms with E-state index in [-0.39, 0.29) is 27.9 Å². The van der Waals surface area contributed by atoms with Gasteiger partial charge in [0.1, 0.15) is 12.0 Å². The largest absolute Gasteiger partial charge is 0.441 e. The van der Waals surface area contributed by atoms with Crippen molar-refractivity contribution in [1.82, 2.24) is 10.3 Å². The SMILES string of the molecule is O=C(NC(O)C1CCCCC1)c1cc(Oc2cccc(=O)[nH]2)ccc1Cl. The summed E-state index contributed by atoms with van der Waals surface area (Å²) in [4.78, 5) is 26.4. The number of carbonyl (C=O) groups is 1. The van der Waals surface area contributed by atoms with Gasteiger partial charge in [-0.2, -0.15) is 0 Å². The van der Waals surface area contributed by atoms with Crippen molar-refractivity contribution >= 4 is 17.5 Å². The lowest BCUT2D eigenvalue weighted by Gasteiger charge is -2.27. The molecule has 0 aliphatic heterocycles. The maximum absolute atomic E-state index is 12.5. The van der Waals surface area contributed by atoms with Gasteiger partial charge in [0.25, 0.3) is 11.5 Å². The molecule has 26 heavy (non-hydrogen) atoms. The van der Waals surface area contributed by atoms with Crippen molar-refractivity contribution in [3.63, 3.8) is 0 Å². The maximum atomic E-state index is 12.5. The molecule has 1 atom stereocenters. The highest BCUT2D eigenvalue weighted by atomic mass is 35.5. The first-order chi connectivity index (χ1) is 12.5. The quantitative estimate of drug-likeness (QED) is 0.697. The van der Waals surface area contributed by atoms with E-state index in [2.05, 4.69) is 10.3 Å². The number of aromatic amines is 1. The molecule has 3 rings (SSSR count). The summed E-state index contributed by atoms with van der Waals surface area (Å²) in [7, 11) is 0. The molecule has 1 heterocycles. The predicted octanol–water partition coefficient (Wildman–Crippen LogP) is 3.45. The van der Waals surface area contributed by atoms with Crippen molar-refractivity contribution in [3.8, 4) is 11.6 Å². The maximum Gasteiger partial charge on any atom is 0.254 e. The smallest absolute Gasteiger partial charge is 0.254 e. The molecule has 3 N–H and O–H groups in total. The van der Waals surface area contributed by atoms with Crippen LogP contribution in [0.3, 0.4) is 0 Å². The number of aliphatic hydroxyl groups excluding tert-OH is 1. The molecule has 7 heteroatoms. The van der Waals surface area contributed by atoms with Gasteiger partial charge in [-0.3, -0.25) is 14.6 Å². The molecule has 2 aromatic rings. The van der Waals surface area contributed by atoms with Gasteiger partial charge in [-0.05, 0) is 37.1 Å². The summed E-state index contributed by atoms with van der Waals surface area (Å²) in [6, 6.07) is 9.17. The second-order valence-electron chi connectivity index (χ2n) is 6.44. The molecule has 6 nitrogen and oxygen atoms in total. The zero-order chi connectivity index (χ0) is 18.5. The van der Waals surface area contributed by atoms with Crippen LogP contribution in [-0.2, 0) is 0 Å². The first kappa shape index (κ1) is 18.5. The summed E-state index contributed by atoms with van der Waals surface area (Å²) in [6.07, 6.45) is 4.21. The predicted molar refractivity (Wildman–Crippen MR) is 98.6 cm³/mol. The zero-order valence-corrected chi connectivity index (χ0v) is 15.0. The zero-order valence-electron chi connectivity index (χ0n) is 14.2. The normalized spacial score (nSPS) is 16.1. The third-order valence-corrected chi connectivity index (χ3v) is 4.86. The van der Waals surface area contributed by atoms with E-state index in [1.165, 1.54) is 18.6 Å². The van der Waals surface area contributed by atoms with Crippen molar-refractivity contribution in [1.29, 1.82) is 0 Å². The van der Waals surface area contributed by atoms with Crippen LogP contribution in [0.2, 0.25) is 5.02 Å². The van der Waals surface area contributed by atoms with Gasteiger partial charge in [-0.15, -0.1) is 0 Å². The summed E-state index contributed by atoms with van der Waals surface area (Å²) in [5, 5.41) is 13.2. The van der Waals surface area contributed by atoms with Crippen molar-refractivity contribution < 1.29 is 14.6 Å². The Morgan fingerprint density at radius 3 is 2.73 bits per heavy atom. The Morgan fingerprint density at radius 2 is 2.00 bits per heavy atom. The molecule has 0 spiro atoms. The Bertz CT molecular complexity index is 830. The minimum atomic E-state index is -0.895. The van der Waals surface area contributed by atoms with Crippen molar-refractivity contribution in [3.05, 3.63) is 57.3 Å². The molecule has 1 unspecified atom stereocenters. The van der Waals surface area contributed by atoms with E-state index >= 15 is 0 Å². The summed E-state index contributed by atoms with van der Waals surface area (Å²) >= 11 is 6.13. The highest BCUT2D eigenvalue weighted by molar-refractivity contribution is 6.33. The number of nitrogens with one attached hydrogen (secondary N) is 2. The molecular weight excluding hydrogens is 356 g/mol. The van der Waals surface area contributed by atoms with Gasteiger partial charge < -0.3 is 15.2 Å². The van der Waals surface area contributed by atoms with E-state index in [0.717, 1.165) is 25.7 Å². The van der Waals surface area contributed by atoms with Gasteiger partial charge in [0.05, 0.1) is 10.6 Å². The molecule has 0 saturated heterocycles. The lowest BCUT2D eigenvalue weighted by Crippen LogP contribution is -2.41. The number of hydrogen-bond donors (Lipinski definition) is 3. The van der Waals surface area contributed by atoms with Gasteiger partial charge >= 0.3 is 0 Å². The number of rotatable bonds is 5. The second kappa shape index (κ2) is 8.38. The first-order valence-corrected chi connectivity index (χ1v) is 9.06. The van der Waals surface area contributed by atoms with Crippen molar-refractivity contribution in [2.75, 3.05) is 0 Å². The Morgan fingerprint density at radius 1 is 1.23 bits per heavy atom. The van der Waals surface area contributed by atoms with Crippen LogP contribution in [0, 0.1) is 5.92 Å². The number of amides is 1. The van der Waals surface area contributed by atoms with E-state index in [9.17, 15) is 14.7 Å². The minimum absolute atomic E-state index is 0.0697. The Balaban J connectivity index is 1.72. The Labute approximate surface area is 156 Å². The molecule has 1 amide bonds. The number of ether oxygens (including phenoxy) is 1. The highest BCUT2D eigenvalue weighted by Crippen LogP contribution is 2.27. The van der Waals surface area contributed by atoms with Crippen LogP contribution < -0.4 is 15.6 Å². The number of hydrogen-bond acceptors (Lipinski definition) is 4. The average molecular weight is 377 g/mol. The fourth-order valence-electron chi connectivity index (χ4n) is 3.14. The lowest BCUT2D eigenvalue weighted by molar-refractivity contribution is 0.0463. The van der Waals surface area contributed by atoms with Gasteiger partial charge in [-0.1, -0.05) is 36.9 Å². The average Bonchev–Trinajstić information content (AvgIpc) is 2.64.